The van der Waals surface area contributed by atoms with Gasteiger partial charge in [0.15, 0.2) is 0 Å². The van der Waals surface area contributed by atoms with Gasteiger partial charge in [0.25, 0.3) is 11.8 Å². The van der Waals surface area contributed by atoms with Gasteiger partial charge in [0.2, 0.25) is 11.8 Å². The summed E-state index contributed by atoms with van der Waals surface area (Å²) < 4.78 is 11.7. The van der Waals surface area contributed by atoms with E-state index in [4.69, 9.17) is 32.7 Å². The number of fused-ring (bicyclic) bond motifs is 4. The molecule has 4 aromatic rings. The molecule has 11 nitrogen and oxygen atoms in total. The number of nitrogens with zero attached hydrogens (tertiary/aromatic N) is 3. The molecule has 0 radical (unpaired) electrons. The van der Waals surface area contributed by atoms with Gasteiger partial charge >= 0.3 is 0 Å². The van der Waals surface area contributed by atoms with Crippen LogP contribution in [0.4, 0.5) is 5.69 Å². The van der Waals surface area contributed by atoms with Crippen molar-refractivity contribution >= 4 is 52.5 Å². The summed E-state index contributed by atoms with van der Waals surface area (Å²) in [4.78, 5) is 64.1. The third kappa shape index (κ3) is 6.66. The molecule has 3 aliphatic heterocycles. The van der Waals surface area contributed by atoms with Crippen molar-refractivity contribution in [3.05, 3.63) is 135 Å². The highest BCUT2D eigenvalue weighted by atomic mass is 35.5. The Labute approximate surface area is 358 Å². The Hall–Kier alpha value is -5.20. The summed E-state index contributed by atoms with van der Waals surface area (Å²) in [6.07, 6.45) is 3.86. The summed E-state index contributed by atoms with van der Waals surface area (Å²) in [5, 5.41) is 11.5. The lowest BCUT2D eigenvalue weighted by molar-refractivity contribution is -0.144. The number of halogens is 2. The zero-order chi connectivity index (χ0) is 41.7. The molecule has 1 saturated carbocycles. The minimum Gasteiger partial charge on any atom is -0.497 e. The highest BCUT2D eigenvalue weighted by Crippen LogP contribution is 2.65. The number of para-hydroxylation sites is 1. The number of anilines is 1. The summed E-state index contributed by atoms with van der Waals surface area (Å²) in [6.45, 7) is 2.08. The molecule has 3 heterocycles. The van der Waals surface area contributed by atoms with Crippen molar-refractivity contribution in [1.29, 1.82) is 0 Å². The van der Waals surface area contributed by atoms with Gasteiger partial charge in [-0.2, -0.15) is 5.01 Å². The lowest BCUT2D eigenvalue weighted by atomic mass is 9.49. The maximum Gasteiger partial charge on any atom is 0.260 e. The third-order valence-electron chi connectivity index (χ3n) is 13.4. The summed E-state index contributed by atoms with van der Waals surface area (Å²) in [5.41, 5.74) is 5.07. The highest BCUT2D eigenvalue weighted by Gasteiger charge is 2.71. The number of hydrogen-bond donors (Lipinski definition) is 2. The Bertz CT molecular complexity index is 2350. The summed E-state index contributed by atoms with van der Waals surface area (Å²) in [6, 6.07) is 29.4. The van der Waals surface area contributed by atoms with Crippen molar-refractivity contribution in [1.82, 2.24) is 14.8 Å². The van der Waals surface area contributed by atoms with E-state index >= 15 is 9.59 Å². The van der Waals surface area contributed by atoms with Gasteiger partial charge in [0, 0.05) is 42.2 Å². The number of carbonyl (C=O) groups is 4. The fraction of sp³-hybridized carbons (Fsp3) is 0.362. The first-order valence-corrected chi connectivity index (χ1v) is 21.3. The fourth-order valence-electron chi connectivity index (χ4n) is 10.8. The van der Waals surface area contributed by atoms with E-state index in [0.717, 1.165) is 30.2 Å². The lowest BCUT2D eigenvalue weighted by Gasteiger charge is -2.50. The lowest BCUT2D eigenvalue weighted by Crippen LogP contribution is -2.53. The largest absolute Gasteiger partial charge is 0.497 e. The summed E-state index contributed by atoms with van der Waals surface area (Å²) >= 11 is 12.8. The molecule has 0 spiro atoms. The number of hydrogen-bond acceptors (Lipinski definition) is 9. The van der Waals surface area contributed by atoms with Crippen molar-refractivity contribution in [2.24, 2.45) is 23.7 Å². The van der Waals surface area contributed by atoms with Crippen LogP contribution in [0.25, 0.3) is 0 Å². The second-order valence-electron chi connectivity index (χ2n) is 16.4. The van der Waals surface area contributed by atoms with E-state index in [2.05, 4.69) is 22.5 Å². The number of amides is 4. The number of aliphatic hydroxyl groups excluding tert-OH is 1. The predicted octanol–water partition coefficient (Wildman–Crippen LogP) is 7.02. The summed E-state index contributed by atoms with van der Waals surface area (Å²) in [7, 11) is 1.56. The number of likely N-dealkylation sites (tertiary alicyclic amines) is 2. The van der Waals surface area contributed by atoms with Crippen LogP contribution in [0.5, 0.6) is 11.5 Å². The van der Waals surface area contributed by atoms with Crippen LogP contribution in [-0.2, 0) is 31.1 Å². The van der Waals surface area contributed by atoms with Gasteiger partial charge in [0.05, 0.1) is 47.6 Å². The Morgan fingerprint density at radius 2 is 1.58 bits per heavy atom. The molecular formula is C47H46Cl2N4O7. The number of ether oxygens (including phenoxy) is 2. The normalized spacial score (nSPS) is 26.7. The van der Waals surface area contributed by atoms with Crippen molar-refractivity contribution in [2.45, 2.75) is 49.6 Å². The molecule has 4 aromatic carbocycles. The van der Waals surface area contributed by atoms with Crippen LogP contribution in [0.3, 0.4) is 0 Å². The minimum absolute atomic E-state index is 0.00237. The number of methoxy groups -OCH3 is 1. The molecule has 60 heavy (non-hydrogen) atoms. The number of piperidine rings is 1. The molecule has 13 heteroatoms. The van der Waals surface area contributed by atoms with Crippen LogP contribution < -0.4 is 14.9 Å². The monoisotopic (exact) mass is 848 g/mol. The van der Waals surface area contributed by atoms with E-state index in [9.17, 15) is 14.7 Å². The first-order valence-electron chi connectivity index (χ1n) is 20.6. The minimum atomic E-state index is -1.54. The molecule has 310 valence electrons. The van der Waals surface area contributed by atoms with E-state index in [1.165, 1.54) is 11.6 Å². The van der Waals surface area contributed by atoms with Gasteiger partial charge in [-0.3, -0.25) is 34.4 Å². The van der Waals surface area contributed by atoms with Crippen LogP contribution in [0, 0.1) is 23.7 Å². The van der Waals surface area contributed by atoms with Crippen LogP contribution in [0.2, 0.25) is 10.0 Å². The van der Waals surface area contributed by atoms with Crippen LogP contribution >= 0.6 is 23.2 Å². The van der Waals surface area contributed by atoms with Crippen molar-refractivity contribution in [3.63, 3.8) is 0 Å². The first-order chi connectivity index (χ1) is 29.1. The van der Waals surface area contributed by atoms with Gasteiger partial charge in [0.1, 0.15) is 18.1 Å². The van der Waals surface area contributed by atoms with Crippen molar-refractivity contribution < 1.29 is 33.8 Å². The number of allylic oxidation sites excluding steroid dienone is 2. The average Bonchev–Trinajstić information content (AvgIpc) is 3.65. The van der Waals surface area contributed by atoms with E-state index < -0.39 is 46.8 Å². The highest BCUT2D eigenvalue weighted by molar-refractivity contribution is 6.36. The molecular weight excluding hydrogens is 803 g/mol. The molecule has 3 saturated heterocycles. The number of aliphatic hydroxyl groups is 1. The number of imide groups is 2. The second kappa shape index (κ2) is 16.3. The SMILES string of the molecule is COc1ccc(C23C(=O)N(Nc4ccc(Cl)cc4Cl)C(=O)C2CC2C(=CCC4C(=O)N(C5CCN(Cc6ccccc6)CC5)C(=O)C42)C3c2ccccc2OCCO)cc1. The standard InChI is InChI=1S/C47H46Cl2N4O7/c1-59-32-14-11-29(12-15-32)47-37(44(56)53(46(47)58)50-39-18-13-30(48)25-38(39)49)26-36-33(42(47)34-9-5-6-10-40(34)60-24-23-54)16-17-35-41(36)45(57)52(43(35)55)31-19-21-51(22-20-31)27-28-7-3-2-4-8-28/h2-16,18,25,31,35-37,41-42,50,54H,17,19-24,26-27H2,1H3. The molecule has 5 aliphatic rings. The molecule has 0 bridgehead atoms. The van der Waals surface area contributed by atoms with Gasteiger partial charge < -0.3 is 14.6 Å². The number of rotatable bonds is 11. The molecule has 2 aliphatic carbocycles. The molecule has 9 rings (SSSR count). The molecule has 0 aromatic heterocycles. The van der Waals surface area contributed by atoms with Gasteiger partial charge in [-0.25, -0.2) is 0 Å². The Morgan fingerprint density at radius 3 is 2.30 bits per heavy atom. The number of carbonyl (C=O) groups excluding carboxylic acids is 4. The topological polar surface area (TPSA) is 129 Å². The quantitative estimate of drug-likeness (QED) is 0.121. The Balaban J connectivity index is 1.14. The number of nitrogens with one attached hydrogen (secondary N) is 1. The zero-order valence-corrected chi connectivity index (χ0v) is 34.6. The van der Waals surface area contributed by atoms with Crippen LogP contribution in [0.1, 0.15) is 48.3 Å². The van der Waals surface area contributed by atoms with Crippen LogP contribution in [0.15, 0.2) is 109 Å². The maximum atomic E-state index is 15.6. The first kappa shape index (κ1) is 40.2. The smallest absolute Gasteiger partial charge is 0.260 e. The number of hydrazine groups is 1. The fourth-order valence-corrected chi connectivity index (χ4v) is 11.2. The van der Waals surface area contributed by atoms with Gasteiger partial charge in [-0.05, 0) is 79.1 Å². The van der Waals surface area contributed by atoms with Gasteiger partial charge in [-0.15, -0.1) is 0 Å². The molecule has 4 amide bonds. The average molecular weight is 850 g/mol. The Kier molecular flexibility index (Phi) is 11.0. The van der Waals surface area contributed by atoms with Crippen molar-refractivity contribution in [2.75, 3.05) is 38.8 Å². The third-order valence-corrected chi connectivity index (χ3v) is 13.9. The molecule has 6 unspecified atom stereocenters. The van der Waals surface area contributed by atoms with E-state index in [0.29, 0.717) is 52.6 Å². The second-order valence-corrected chi connectivity index (χ2v) is 17.2. The number of benzene rings is 4. The van der Waals surface area contributed by atoms with E-state index in [1.807, 2.05) is 54.6 Å². The maximum absolute atomic E-state index is 15.6. The van der Waals surface area contributed by atoms with E-state index in [-0.39, 0.29) is 42.5 Å². The molecule has 2 N–H and O–H groups in total. The van der Waals surface area contributed by atoms with E-state index in [1.54, 1.807) is 42.3 Å². The van der Waals surface area contributed by atoms with Crippen LogP contribution in [-0.4, -0.2) is 83.0 Å². The molecule has 4 fully saturated rings. The molecule has 6 atom stereocenters. The predicted molar refractivity (Wildman–Crippen MR) is 226 cm³/mol. The summed E-state index contributed by atoms with van der Waals surface area (Å²) in [5.74, 6) is -3.97. The Morgan fingerprint density at radius 1 is 0.850 bits per heavy atom. The van der Waals surface area contributed by atoms with Crippen molar-refractivity contribution in [3.8, 4) is 11.5 Å². The van der Waals surface area contributed by atoms with Gasteiger partial charge in [-0.1, -0.05) is 95.5 Å². The zero-order valence-electron chi connectivity index (χ0n) is 33.1.